The van der Waals surface area contributed by atoms with Gasteiger partial charge < -0.3 is 4.74 Å². The first-order valence-corrected chi connectivity index (χ1v) is 6.46. The third-order valence-corrected chi connectivity index (χ3v) is 4.44. The number of rotatable bonds is 0. The van der Waals surface area contributed by atoms with Crippen molar-refractivity contribution in [3.8, 4) is 0 Å². The molecule has 2 fully saturated rings. The van der Waals surface area contributed by atoms with Crippen LogP contribution in [0.25, 0.3) is 0 Å². The topological polar surface area (TPSA) is 55.4 Å². The molecule has 1 spiro atoms. The van der Waals surface area contributed by atoms with E-state index in [1.807, 2.05) is 0 Å². The van der Waals surface area contributed by atoms with Crippen molar-refractivity contribution in [2.75, 3.05) is 18.1 Å². The van der Waals surface area contributed by atoms with Crippen molar-refractivity contribution in [1.82, 2.24) is 5.32 Å². The zero-order chi connectivity index (χ0) is 9.53. The van der Waals surface area contributed by atoms with Gasteiger partial charge in [-0.2, -0.15) is 0 Å². The normalized spacial score (nSPS) is 43.9. The standard InChI is InChI=1S/C8H15NO3S/c1-7-2-4-12-8(9-7)3-5-13(10,11)6-8/h7,9H,2-6H2,1H3. The van der Waals surface area contributed by atoms with Crippen molar-refractivity contribution < 1.29 is 13.2 Å². The third kappa shape index (κ3) is 1.87. The van der Waals surface area contributed by atoms with Crippen LogP contribution in [0.3, 0.4) is 0 Å². The minimum absolute atomic E-state index is 0.143. The number of hydrogen-bond donors (Lipinski definition) is 1. The lowest BCUT2D eigenvalue weighted by Gasteiger charge is -2.37. The molecular weight excluding hydrogens is 190 g/mol. The van der Waals surface area contributed by atoms with E-state index in [0.29, 0.717) is 19.1 Å². The summed E-state index contributed by atoms with van der Waals surface area (Å²) >= 11 is 0. The largest absolute Gasteiger partial charge is 0.359 e. The van der Waals surface area contributed by atoms with Crippen molar-refractivity contribution in [3.05, 3.63) is 0 Å². The highest BCUT2D eigenvalue weighted by molar-refractivity contribution is 7.91. The van der Waals surface area contributed by atoms with Gasteiger partial charge in [0.1, 0.15) is 5.72 Å². The average molecular weight is 205 g/mol. The second-order valence-corrected chi connectivity index (χ2v) is 6.20. The van der Waals surface area contributed by atoms with Crippen LogP contribution in [-0.2, 0) is 14.6 Å². The Morgan fingerprint density at radius 2 is 2.31 bits per heavy atom. The molecule has 13 heavy (non-hydrogen) atoms. The maximum atomic E-state index is 11.3. The zero-order valence-corrected chi connectivity index (χ0v) is 8.56. The Hall–Kier alpha value is -0.130. The maximum Gasteiger partial charge on any atom is 0.154 e. The van der Waals surface area contributed by atoms with Crippen LogP contribution in [0.5, 0.6) is 0 Å². The number of sulfone groups is 1. The molecule has 2 unspecified atom stereocenters. The molecule has 76 valence electrons. The van der Waals surface area contributed by atoms with E-state index < -0.39 is 15.6 Å². The fourth-order valence-corrected chi connectivity index (χ4v) is 3.85. The van der Waals surface area contributed by atoms with Gasteiger partial charge in [0.15, 0.2) is 9.84 Å². The lowest BCUT2D eigenvalue weighted by molar-refractivity contribution is -0.0894. The van der Waals surface area contributed by atoms with Gasteiger partial charge in [-0.15, -0.1) is 0 Å². The number of ether oxygens (including phenoxy) is 1. The van der Waals surface area contributed by atoms with Crippen molar-refractivity contribution in [2.45, 2.75) is 31.5 Å². The highest BCUT2D eigenvalue weighted by Gasteiger charge is 2.45. The van der Waals surface area contributed by atoms with Gasteiger partial charge in [-0.1, -0.05) is 0 Å². The molecule has 1 N–H and O–H groups in total. The summed E-state index contributed by atoms with van der Waals surface area (Å²) in [5.74, 6) is 0.400. The lowest BCUT2D eigenvalue weighted by atomic mass is 10.1. The molecule has 0 amide bonds. The van der Waals surface area contributed by atoms with Crippen LogP contribution >= 0.6 is 0 Å². The first-order valence-electron chi connectivity index (χ1n) is 4.63. The SMILES string of the molecule is CC1CCOC2(CCS(=O)(=O)C2)N1. The fraction of sp³-hybridized carbons (Fsp3) is 1.00. The predicted molar refractivity (Wildman–Crippen MR) is 49.2 cm³/mol. The number of hydrogen-bond acceptors (Lipinski definition) is 4. The van der Waals surface area contributed by atoms with Crippen LogP contribution in [0.15, 0.2) is 0 Å². The molecule has 0 aromatic heterocycles. The monoisotopic (exact) mass is 205 g/mol. The zero-order valence-electron chi connectivity index (χ0n) is 7.75. The van der Waals surface area contributed by atoms with Crippen LogP contribution in [0.1, 0.15) is 19.8 Å². The molecule has 2 saturated heterocycles. The first-order chi connectivity index (χ1) is 6.02. The van der Waals surface area contributed by atoms with Gasteiger partial charge in [0.05, 0.1) is 18.1 Å². The Balaban J connectivity index is 2.14. The van der Waals surface area contributed by atoms with Gasteiger partial charge in [-0.05, 0) is 13.3 Å². The molecular formula is C8H15NO3S. The van der Waals surface area contributed by atoms with E-state index in [2.05, 4.69) is 12.2 Å². The molecule has 0 aromatic carbocycles. The van der Waals surface area contributed by atoms with Crippen LogP contribution in [0.4, 0.5) is 0 Å². The van der Waals surface area contributed by atoms with Crippen LogP contribution in [0.2, 0.25) is 0 Å². The molecule has 0 radical (unpaired) electrons. The Kier molecular flexibility index (Phi) is 2.13. The summed E-state index contributed by atoms with van der Waals surface area (Å²) in [5.41, 5.74) is -0.559. The Morgan fingerprint density at radius 3 is 2.85 bits per heavy atom. The van der Waals surface area contributed by atoms with E-state index in [4.69, 9.17) is 4.74 Å². The van der Waals surface area contributed by atoms with Crippen LogP contribution < -0.4 is 5.32 Å². The van der Waals surface area contributed by atoms with E-state index >= 15 is 0 Å². The van der Waals surface area contributed by atoms with Gasteiger partial charge in [-0.25, -0.2) is 8.42 Å². The van der Waals surface area contributed by atoms with Gasteiger partial charge >= 0.3 is 0 Å². The Morgan fingerprint density at radius 1 is 1.54 bits per heavy atom. The average Bonchev–Trinajstić information content (AvgIpc) is 2.26. The van der Waals surface area contributed by atoms with Gasteiger partial charge in [0.25, 0.3) is 0 Å². The predicted octanol–water partition coefficient (Wildman–Crippen LogP) is -0.100. The van der Waals surface area contributed by atoms with Crippen molar-refractivity contribution in [3.63, 3.8) is 0 Å². The van der Waals surface area contributed by atoms with Gasteiger partial charge in [0.2, 0.25) is 0 Å². The van der Waals surface area contributed by atoms with Crippen molar-refractivity contribution in [2.24, 2.45) is 0 Å². The summed E-state index contributed by atoms with van der Waals surface area (Å²) in [7, 11) is -2.87. The third-order valence-electron chi connectivity index (χ3n) is 2.71. The summed E-state index contributed by atoms with van der Waals surface area (Å²) in [6, 6.07) is 0.363. The van der Waals surface area contributed by atoms with Gasteiger partial charge in [-0.3, -0.25) is 5.32 Å². The van der Waals surface area contributed by atoms with E-state index in [1.54, 1.807) is 0 Å². The smallest absolute Gasteiger partial charge is 0.154 e. The second kappa shape index (κ2) is 2.93. The van der Waals surface area contributed by atoms with Crippen LogP contribution in [0, 0.1) is 0 Å². The van der Waals surface area contributed by atoms with Crippen molar-refractivity contribution in [1.29, 1.82) is 0 Å². The van der Waals surface area contributed by atoms with E-state index in [1.165, 1.54) is 0 Å². The summed E-state index contributed by atoms with van der Waals surface area (Å²) < 4.78 is 28.1. The molecule has 2 heterocycles. The molecule has 0 saturated carbocycles. The first kappa shape index (κ1) is 9.43. The van der Waals surface area contributed by atoms with Crippen LogP contribution in [-0.4, -0.2) is 38.3 Å². The molecule has 2 atom stereocenters. The quantitative estimate of drug-likeness (QED) is 0.600. The maximum absolute atomic E-state index is 11.3. The molecule has 2 aliphatic rings. The lowest BCUT2D eigenvalue weighted by Crippen LogP contribution is -2.56. The molecule has 0 bridgehead atoms. The molecule has 2 aliphatic heterocycles. The van der Waals surface area contributed by atoms with E-state index in [9.17, 15) is 8.42 Å². The molecule has 0 aromatic rings. The molecule has 2 rings (SSSR count). The molecule has 4 nitrogen and oxygen atoms in total. The minimum atomic E-state index is -2.87. The molecule has 0 aliphatic carbocycles. The summed E-state index contributed by atoms with van der Waals surface area (Å²) in [6.07, 6.45) is 1.56. The van der Waals surface area contributed by atoms with Crippen molar-refractivity contribution >= 4 is 9.84 Å². The summed E-state index contributed by atoms with van der Waals surface area (Å²) in [5, 5.41) is 3.25. The minimum Gasteiger partial charge on any atom is -0.359 e. The summed E-state index contributed by atoms with van der Waals surface area (Å²) in [6.45, 7) is 2.74. The van der Waals surface area contributed by atoms with E-state index in [0.717, 1.165) is 6.42 Å². The highest BCUT2D eigenvalue weighted by atomic mass is 32.2. The Bertz CT molecular complexity index is 301. The molecule has 5 heteroatoms. The summed E-state index contributed by atoms with van der Waals surface area (Å²) in [4.78, 5) is 0. The fourth-order valence-electron chi connectivity index (χ4n) is 2.04. The van der Waals surface area contributed by atoms with Gasteiger partial charge in [0, 0.05) is 12.5 Å². The Labute approximate surface area is 78.6 Å². The second-order valence-electron chi connectivity index (χ2n) is 4.02. The van der Waals surface area contributed by atoms with E-state index in [-0.39, 0.29) is 11.5 Å². The highest BCUT2D eigenvalue weighted by Crippen LogP contribution is 2.28. The number of nitrogens with one attached hydrogen (secondary N) is 1.